The summed E-state index contributed by atoms with van der Waals surface area (Å²) >= 11 is 2.11. The van der Waals surface area contributed by atoms with Crippen LogP contribution in [0.5, 0.6) is 0 Å². The highest BCUT2D eigenvalue weighted by atomic mass is 127. The third kappa shape index (κ3) is 3.43. The number of nitro groups is 1. The van der Waals surface area contributed by atoms with Crippen LogP contribution in [0.15, 0.2) is 24.3 Å². The second kappa shape index (κ2) is 6.86. The molecule has 0 unspecified atom stereocenters. The molecule has 0 fully saturated rings. The zero-order valence-electron chi connectivity index (χ0n) is 12.2. The molecule has 0 aliphatic heterocycles. The van der Waals surface area contributed by atoms with Crippen LogP contribution in [0.2, 0.25) is 0 Å². The number of halogens is 1. The number of aromatic nitrogens is 2. The van der Waals surface area contributed by atoms with Crippen molar-refractivity contribution in [3.05, 3.63) is 54.9 Å². The first-order valence-electron chi connectivity index (χ1n) is 6.63. The van der Waals surface area contributed by atoms with Crippen LogP contribution in [0, 0.1) is 27.5 Å². The Morgan fingerprint density at radius 2 is 2.09 bits per heavy atom. The number of carbonyl (C=O) groups excluding carboxylic acids is 1. The smallest absolute Gasteiger partial charge is 0.312 e. The van der Waals surface area contributed by atoms with Gasteiger partial charge in [-0.1, -0.05) is 12.1 Å². The van der Waals surface area contributed by atoms with E-state index in [1.54, 1.807) is 30.7 Å². The third-order valence-electron chi connectivity index (χ3n) is 3.25. The number of amides is 1. The average Bonchev–Trinajstić information content (AvgIpc) is 2.73. The molecule has 1 aromatic carbocycles. The van der Waals surface area contributed by atoms with E-state index < -0.39 is 4.92 Å². The summed E-state index contributed by atoms with van der Waals surface area (Å²) in [6, 6.07) is 7.29. The van der Waals surface area contributed by atoms with Crippen molar-refractivity contribution in [3.63, 3.8) is 0 Å². The van der Waals surface area contributed by atoms with Crippen LogP contribution in [0.1, 0.15) is 21.7 Å². The van der Waals surface area contributed by atoms with Crippen molar-refractivity contribution in [1.29, 1.82) is 0 Å². The molecule has 0 saturated carbocycles. The predicted molar refractivity (Wildman–Crippen MR) is 89.8 cm³/mol. The minimum Gasteiger partial charge on any atom is -0.350 e. The van der Waals surface area contributed by atoms with Gasteiger partial charge in [0.15, 0.2) is 0 Å². The van der Waals surface area contributed by atoms with Gasteiger partial charge in [-0.2, -0.15) is 5.10 Å². The molecule has 0 aliphatic carbocycles. The van der Waals surface area contributed by atoms with E-state index >= 15 is 0 Å². The van der Waals surface area contributed by atoms with Gasteiger partial charge in [-0.05, 0) is 48.6 Å². The van der Waals surface area contributed by atoms with Gasteiger partial charge >= 0.3 is 5.69 Å². The lowest BCUT2D eigenvalue weighted by Gasteiger charge is -2.07. The van der Waals surface area contributed by atoms with E-state index in [-0.39, 0.29) is 11.6 Å². The van der Waals surface area contributed by atoms with Crippen LogP contribution >= 0.6 is 22.6 Å². The van der Waals surface area contributed by atoms with E-state index in [1.807, 2.05) is 12.1 Å². The molecule has 1 heterocycles. The summed E-state index contributed by atoms with van der Waals surface area (Å²) < 4.78 is 2.42. The van der Waals surface area contributed by atoms with Crippen molar-refractivity contribution in [2.45, 2.75) is 20.4 Å². The fourth-order valence-electron chi connectivity index (χ4n) is 2.19. The monoisotopic (exact) mass is 414 g/mol. The number of carbonyl (C=O) groups is 1. The van der Waals surface area contributed by atoms with Crippen LogP contribution in [-0.2, 0) is 6.54 Å². The zero-order chi connectivity index (χ0) is 16.3. The standard InChI is InChI=1S/C14H15IN4O3/c1-9-13(19(21)22)10(2)18(17-9)8-7-16-14(20)11-5-3-4-6-12(11)15/h3-6H,7-8H2,1-2H3,(H,16,20). The molecule has 116 valence electrons. The molecule has 2 aromatic rings. The summed E-state index contributed by atoms with van der Waals surface area (Å²) in [5.74, 6) is -0.166. The molecule has 0 bridgehead atoms. The van der Waals surface area contributed by atoms with Gasteiger partial charge in [0.25, 0.3) is 5.91 Å². The summed E-state index contributed by atoms with van der Waals surface area (Å²) in [5.41, 5.74) is 1.52. The number of hydrogen-bond donors (Lipinski definition) is 1. The van der Waals surface area contributed by atoms with Crippen molar-refractivity contribution in [2.24, 2.45) is 0 Å². The van der Waals surface area contributed by atoms with Gasteiger partial charge in [-0.25, -0.2) is 0 Å². The molecule has 22 heavy (non-hydrogen) atoms. The van der Waals surface area contributed by atoms with Crippen LogP contribution in [0.3, 0.4) is 0 Å². The fraction of sp³-hybridized carbons (Fsp3) is 0.286. The molecule has 1 amide bonds. The van der Waals surface area contributed by atoms with Gasteiger partial charge in [-0.3, -0.25) is 19.6 Å². The molecule has 0 aliphatic rings. The Morgan fingerprint density at radius 1 is 1.41 bits per heavy atom. The second-order valence-electron chi connectivity index (χ2n) is 4.74. The minimum absolute atomic E-state index is 0.0314. The maximum absolute atomic E-state index is 12.1. The molecule has 0 atom stereocenters. The Bertz CT molecular complexity index is 727. The van der Waals surface area contributed by atoms with E-state index in [1.165, 1.54) is 0 Å². The first-order valence-corrected chi connectivity index (χ1v) is 7.70. The number of nitrogens with zero attached hydrogens (tertiary/aromatic N) is 3. The fourth-order valence-corrected chi connectivity index (χ4v) is 2.82. The van der Waals surface area contributed by atoms with E-state index in [2.05, 4.69) is 33.0 Å². The van der Waals surface area contributed by atoms with Gasteiger partial charge in [-0.15, -0.1) is 0 Å². The maximum Gasteiger partial charge on any atom is 0.312 e. The molecule has 0 spiro atoms. The number of aryl methyl sites for hydroxylation is 1. The SMILES string of the molecule is Cc1nn(CCNC(=O)c2ccccc2I)c(C)c1[N+](=O)[O-]. The highest BCUT2D eigenvalue weighted by Gasteiger charge is 2.21. The first-order chi connectivity index (χ1) is 10.4. The average molecular weight is 414 g/mol. The molecular formula is C14H15IN4O3. The molecular weight excluding hydrogens is 399 g/mol. The van der Waals surface area contributed by atoms with Crippen molar-refractivity contribution in [2.75, 3.05) is 6.54 Å². The van der Waals surface area contributed by atoms with Crippen LogP contribution in [-0.4, -0.2) is 27.2 Å². The second-order valence-corrected chi connectivity index (χ2v) is 5.90. The van der Waals surface area contributed by atoms with Crippen molar-refractivity contribution in [1.82, 2.24) is 15.1 Å². The molecule has 7 nitrogen and oxygen atoms in total. The first kappa shape index (κ1) is 16.4. The van der Waals surface area contributed by atoms with E-state index in [0.29, 0.717) is 30.0 Å². The van der Waals surface area contributed by atoms with Crippen molar-refractivity contribution >= 4 is 34.2 Å². The molecule has 1 N–H and O–H groups in total. The summed E-state index contributed by atoms with van der Waals surface area (Å²) in [6.45, 7) is 3.99. The maximum atomic E-state index is 12.1. The summed E-state index contributed by atoms with van der Waals surface area (Å²) in [4.78, 5) is 22.6. The zero-order valence-corrected chi connectivity index (χ0v) is 14.3. The molecule has 8 heteroatoms. The summed E-state index contributed by atoms with van der Waals surface area (Å²) in [5, 5.41) is 17.9. The Morgan fingerprint density at radius 3 is 2.68 bits per heavy atom. The van der Waals surface area contributed by atoms with E-state index in [0.717, 1.165) is 3.57 Å². The van der Waals surface area contributed by atoms with Gasteiger partial charge < -0.3 is 5.32 Å². The predicted octanol–water partition coefficient (Wildman–Crippen LogP) is 2.44. The van der Waals surface area contributed by atoms with Crippen molar-refractivity contribution in [3.8, 4) is 0 Å². The topological polar surface area (TPSA) is 90.1 Å². The third-order valence-corrected chi connectivity index (χ3v) is 4.19. The Labute approximate surface area is 141 Å². The van der Waals surface area contributed by atoms with E-state index in [4.69, 9.17) is 0 Å². The highest BCUT2D eigenvalue weighted by molar-refractivity contribution is 14.1. The number of nitrogens with one attached hydrogen (secondary N) is 1. The molecule has 1 aromatic heterocycles. The van der Waals surface area contributed by atoms with Crippen LogP contribution in [0.4, 0.5) is 5.69 Å². The molecule has 2 rings (SSSR count). The highest BCUT2D eigenvalue weighted by Crippen LogP contribution is 2.21. The number of hydrogen-bond acceptors (Lipinski definition) is 4. The lowest BCUT2D eigenvalue weighted by Crippen LogP contribution is -2.28. The van der Waals surface area contributed by atoms with Gasteiger partial charge in [0.2, 0.25) is 0 Å². The molecule has 0 radical (unpaired) electrons. The minimum atomic E-state index is -0.431. The summed E-state index contributed by atoms with van der Waals surface area (Å²) in [6.07, 6.45) is 0. The van der Waals surface area contributed by atoms with Gasteiger partial charge in [0, 0.05) is 10.1 Å². The van der Waals surface area contributed by atoms with Gasteiger partial charge in [0.05, 0.1) is 17.0 Å². The Balaban J connectivity index is 2.00. The summed E-state index contributed by atoms with van der Waals surface area (Å²) in [7, 11) is 0. The molecule has 0 saturated heterocycles. The quantitative estimate of drug-likeness (QED) is 0.463. The van der Waals surface area contributed by atoms with E-state index in [9.17, 15) is 14.9 Å². The van der Waals surface area contributed by atoms with Crippen molar-refractivity contribution < 1.29 is 9.72 Å². The largest absolute Gasteiger partial charge is 0.350 e. The Hall–Kier alpha value is -1.97. The van der Waals surface area contributed by atoms with Crippen LogP contribution < -0.4 is 5.32 Å². The number of benzene rings is 1. The van der Waals surface area contributed by atoms with Gasteiger partial charge in [0.1, 0.15) is 11.4 Å². The lowest BCUT2D eigenvalue weighted by atomic mass is 10.2. The number of rotatable bonds is 5. The Kier molecular flexibility index (Phi) is 5.11. The van der Waals surface area contributed by atoms with Crippen LogP contribution in [0.25, 0.3) is 0 Å². The normalized spacial score (nSPS) is 10.5. The lowest BCUT2D eigenvalue weighted by molar-refractivity contribution is -0.386.